The van der Waals surface area contributed by atoms with E-state index in [2.05, 4.69) is 20.5 Å². The van der Waals surface area contributed by atoms with Gasteiger partial charge in [0, 0.05) is 36.0 Å². The highest BCUT2D eigenvalue weighted by molar-refractivity contribution is 6.31. The summed E-state index contributed by atoms with van der Waals surface area (Å²) in [7, 11) is 0. The van der Waals surface area contributed by atoms with Gasteiger partial charge < -0.3 is 15.7 Å². The van der Waals surface area contributed by atoms with Gasteiger partial charge in [0.15, 0.2) is 0 Å². The number of carbonyl (C=O) groups is 1. The van der Waals surface area contributed by atoms with E-state index in [-0.39, 0.29) is 18.6 Å². The first-order valence-electron chi connectivity index (χ1n) is 8.77. The Morgan fingerprint density at radius 3 is 3.04 bits per heavy atom. The molecule has 1 aliphatic rings. The maximum absolute atomic E-state index is 12.7. The molecular formula is C19H23ClN4O2. The van der Waals surface area contributed by atoms with Crippen molar-refractivity contribution in [2.75, 3.05) is 36.9 Å². The van der Waals surface area contributed by atoms with E-state index in [0.717, 1.165) is 25.9 Å². The Morgan fingerprint density at radius 1 is 1.35 bits per heavy atom. The molecule has 1 aromatic heterocycles. The van der Waals surface area contributed by atoms with Crippen molar-refractivity contribution in [2.45, 2.75) is 18.9 Å². The van der Waals surface area contributed by atoms with Gasteiger partial charge in [-0.3, -0.25) is 9.69 Å². The van der Waals surface area contributed by atoms with Crippen LogP contribution in [0.4, 0.5) is 11.5 Å². The van der Waals surface area contributed by atoms with Crippen molar-refractivity contribution in [3.63, 3.8) is 0 Å². The number of hydrogen-bond acceptors (Lipinski definition) is 5. The van der Waals surface area contributed by atoms with Gasteiger partial charge in [0.25, 0.3) is 5.91 Å². The molecule has 1 unspecified atom stereocenters. The zero-order valence-corrected chi connectivity index (χ0v) is 15.2. The highest BCUT2D eigenvalue weighted by Gasteiger charge is 2.21. The van der Waals surface area contributed by atoms with Crippen LogP contribution < -0.4 is 10.6 Å². The smallest absolute Gasteiger partial charge is 0.259 e. The summed E-state index contributed by atoms with van der Waals surface area (Å²) in [5.74, 6) is 0.341. The molecule has 1 fully saturated rings. The monoisotopic (exact) mass is 374 g/mol. The minimum Gasteiger partial charge on any atom is -0.395 e. The summed E-state index contributed by atoms with van der Waals surface area (Å²) < 4.78 is 0. The van der Waals surface area contributed by atoms with E-state index in [4.69, 9.17) is 16.7 Å². The molecular weight excluding hydrogens is 352 g/mol. The Kier molecular flexibility index (Phi) is 6.44. The van der Waals surface area contributed by atoms with Crippen LogP contribution in [-0.2, 0) is 0 Å². The van der Waals surface area contributed by atoms with Crippen LogP contribution in [0.5, 0.6) is 0 Å². The van der Waals surface area contributed by atoms with Gasteiger partial charge in [-0.05, 0) is 49.7 Å². The fourth-order valence-electron chi connectivity index (χ4n) is 3.18. The lowest BCUT2D eigenvalue weighted by molar-refractivity contribution is 0.102. The number of aliphatic hydroxyl groups is 1. The van der Waals surface area contributed by atoms with Crippen molar-refractivity contribution >= 4 is 29.0 Å². The number of pyridine rings is 1. The largest absolute Gasteiger partial charge is 0.395 e. The number of β-amino-alcohol motifs (C(OH)–C–C–N with tert-alkyl or cyclic N) is 1. The van der Waals surface area contributed by atoms with E-state index in [1.807, 2.05) is 0 Å². The molecule has 26 heavy (non-hydrogen) atoms. The molecule has 0 spiro atoms. The lowest BCUT2D eigenvalue weighted by Gasteiger charge is -2.33. The van der Waals surface area contributed by atoms with Crippen LogP contribution >= 0.6 is 11.6 Å². The third-order valence-electron chi connectivity index (χ3n) is 4.40. The molecule has 0 saturated carbocycles. The highest BCUT2D eigenvalue weighted by atomic mass is 35.5. The number of nitrogens with zero attached hydrogens (tertiary/aromatic N) is 2. The summed E-state index contributed by atoms with van der Waals surface area (Å²) in [6, 6.07) is 10.7. The van der Waals surface area contributed by atoms with Gasteiger partial charge in [-0.2, -0.15) is 0 Å². The molecule has 0 radical (unpaired) electrons. The molecule has 1 aliphatic heterocycles. The van der Waals surface area contributed by atoms with Crippen LogP contribution in [0.25, 0.3) is 0 Å². The number of rotatable bonds is 6. The molecule has 2 aromatic rings. The summed E-state index contributed by atoms with van der Waals surface area (Å²) >= 11 is 5.98. The van der Waals surface area contributed by atoms with Gasteiger partial charge >= 0.3 is 0 Å². The lowest BCUT2D eigenvalue weighted by atomic mass is 10.1. The molecule has 0 aliphatic carbocycles. The Bertz CT molecular complexity index is 754. The fourth-order valence-corrected chi connectivity index (χ4v) is 3.37. The Balaban J connectivity index is 1.70. The summed E-state index contributed by atoms with van der Waals surface area (Å²) in [6.07, 6.45) is 3.73. The lowest BCUT2D eigenvalue weighted by Crippen LogP contribution is -2.43. The van der Waals surface area contributed by atoms with Crippen LogP contribution in [0.2, 0.25) is 5.02 Å². The first-order valence-corrected chi connectivity index (χ1v) is 9.15. The number of hydrogen-bond donors (Lipinski definition) is 3. The van der Waals surface area contributed by atoms with Gasteiger partial charge in [-0.1, -0.05) is 17.7 Å². The van der Waals surface area contributed by atoms with Crippen LogP contribution in [0.15, 0.2) is 42.6 Å². The first-order chi connectivity index (χ1) is 12.7. The average Bonchev–Trinajstić information content (AvgIpc) is 2.63. The molecule has 0 bridgehead atoms. The zero-order valence-electron chi connectivity index (χ0n) is 14.5. The number of likely N-dealkylation sites (tertiary alicyclic amines) is 1. The van der Waals surface area contributed by atoms with Crippen molar-refractivity contribution < 1.29 is 9.90 Å². The van der Waals surface area contributed by atoms with E-state index in [1.54, 1.807) is 42.6 Å². The molecule has 6 nitrogen and oxygen atoms in total. The zero-order chi connectivity index (χ0) is 18.4. The Labute approximate surface area is 158 Å². The van der Waals surface area contributed by atoms with Crippen molar-refractivity contribution in [1.29, 1.82) is 0 Å². The molecule has 2 heterocycles. The van der Waals surface area contributed by atoms with Crippen molar-refractivity contribution in [3.8, 4) is 0 Å². The van der Waals surface area contributed by atoms with Gasteiger partial charge in [0.1, 0.15) is 5.82 Å². The van der Waals surface area contributed by atoms with Crippen molar-refractivity contribution in [1.82, 2.24) is 9.88 Å². The number of aromatic nitrogens is 1. The number of anilines is 2. The second kappa shape index (κ2) is 8.98. The van der Waals surface area contributed by atoms with E-state index >= 15 is 0 Å². The second-order valence-corrected chi connectivity index (χ2v) is 6.81. The number of aliphatic hydroxyl groups excluding tert-OH is 1. The van der Waals surface area contributed by atoms with Crippen LogP contribution in [0.1, 0.15) is 23.2 Å². The third-order valence-corrected chi connectivity index (χ3v) is 4.63. The topological polar surface area (TPSA) is 77.5 Å². The molecule has 3 rings (SSSR count). The molecule has 3 N–H and O–H groups in total. The number of halogens is 1. The molecule has 7 heteroatoms. The van der Waals surface area contributed by atoms with Crippen LogP contribution in [0.3, 0.4) is 0 Å². The fraction of sp³-hybridized carbons (Fsp3) is 0.368. The number of carbonyl (C=O) groups excluding carboxylic acids is 1. The maximum Gasteiger partial charge on any atom is 0.259 e. The van der Waals surface area contributed by atoms with Gasteiger partial charge in [0.05, 0.1) is 12.2 Å². The van der Waals surface area contributed by atoms with E-state index in [9.17, 15) is 4.79 Å². The van der Waals surface area contributed by atoms with E-state index in [1.165, 1.54) is 0 Å². The second-order valence-electron chi connectivity index (χ2n) is 6.37. The predicted octanol–water partition coefficient (Wildman–Crippen LogP) is 2.86. The van der Waals surface area contributed by atoms with E-state index < -0.39 is 0 Å². The highest BCUT2D eigenvalue weighted by Crippen LogP contribution is 2.20. The van der Waals surface area contributed by atoms with E-state index in [0.29, 0.717) is 28.6 Å². The van der Waals surface area contributed by atoms with Crippen LogP contribution in [0, 0.1) is 0 Å². The Hall–Kier alpha value is -2.15. The number of nitrogens with one attached hydrogen (secondary N) is 2. The van der Waals surface area contributed by atoms with Gasteiger partial charge in [-0.25, -0.2) is 4.98 Å². The molecule has 138 valence electrons. The normalized spacial score (nSPS) is 17.7. The predicted molar refractivity (Wildman–Crippen MR) is 104 cm³/mol. The molecule has 1 aromatic carbocycles. The van der Waals surface area contributed by atoms with Gasteiger partial charge in [-0.15, -0.1) is 0 Å². The Morgan fingerprint density at radius 2 is 2.23 bits per heavy atom. The first kappa shape index (κ1) is 18.6. The molecule has 1 atom stereocenters. The van der Waals surface area contributed by atoms with Gasteiger partial charge in [0.2, 0.25) is 0 Å². The number of amides is 1. The quantitative estimate of drug-likeness (QED) is 0.724. The molecule has 1 saturated heterocycles. The standard InChI is InChI=1S/C19H23ClN4O2/c20-14-4-1-5-15(12-14)23-19(26)17-7-2-8-21-18(17)22-16-6-3-9-24(13-16)10-11-25/h1-2,4-5,7-8,12,16,25H,3,6,9-11,13H2,(H,21,22)(H,23,26). The average molecular weight is 375 g/mol. The van der Waals surface area contributed by atoms with Crippen molar-refractivity contribution in [3.05, 3.63) is 53.2 Å². The minimum absolute atomic E-state index is 0.156. The summed E-state index contributed by atoms with van der Waals surface area (Å²) in [6.45, 7) is 2.64. The molecule has 1 amide bonds. The minimum atomic E-state index is -0.231. The summed E-state index contributed by atoms with van der Waals surface area (Å²) in [5.41, 5.74) is 1.14. The SMILES string of the molecule is O=C(Nc1cccc(Cl)c1)c1cccnc1NC1CCCN(CCO)C1. The number of benzene rings is 1. The number of piperidine rings is 1. The summed E-state index contributed by atoms with van der Waals surface area (Å²) in [4.78, 5) is 19.3. The van der Waals surface area contributed by atoms with Crippen molar-refractivity contribution in [2.24, 2.45) is 0 Å². The maximum atomic E-state index is 12.7. The summed E-state index contributed by atoms with van der Waals surface area (Å²) in [5, 5.41) is 16.0. The third kappa shape index (κ3) is 4.94. The van der Waals surface area contributed by atoms with Crippen LogP contribution in [-0.4, -0.2) is 53.2 Å².